The summed E-state index contributed by atoms with van der Waals surface area (Å²) < 4.78 is 31.9. The Labute approximate surface area is 228 Å². The van der Waals surface area contributed by atoms with Crippen LogP contribution in [0.25, 0.3) is 35.7 Å². The fourth-order valence-corrected chi connectivity index (χ4v) is 3.75. The third-order valence-electron chi connectivity index (χ3n) is 3.94. The van der Waals surface area contributed by atoms with Crippen molar-refractivity contribution in [2.45, 2.75) is 26.7 Å². The van der Waals surface area contributed by atoms with Gasteiger partial charge in [-0.2, -0.15) is 0 Å². The average molecular weight is 887 g/mol. The number of allylic oxidation sites excluding steroid dienone is 2. The molecule has 0 saturated heterocycles. The molecule has 2 aromatic carbocycles. The molecule has 34 heavy (non-hydrogen) atoms. The first-order valence-corrected chi connectivity index (χ1v) is 11.8. The summed E-state index contributed by atoms with van der Waals surface area (Å²) in [5, 5.41) is 0. The number of benzene rings is 2. The van der Waals surface area contributed by atoms with E-state index >= 15 is 0 Å². The first-order chi connectivity index (χ1) is 13.0. The van der Waals surface area contributed by atoms with E-state index in [1.165, 1.54) is 0 Å². The topological polar surface area (TPSA) is 278 Å². The van der Waals surface area contributed by atoms with Crippen molar-refractivity contribution in [3.05, 3.63) is 84.3 Å². The summed E-state index contributed by atoms with van der Waals surface area (Å²) in [6, 6.07) is 13.5. The van der Waals surface area contributed by atoms with Crippen LogP contribution < -0.4 is 9.05 Å². The summed E-state index contributed by atoms with van der Waals surface area (Å²) in [6.07, 6.45) is 1.51. The molecule has 0 saturated carbocycles. The van der Waals surface area contributed by atoms with E-state index in [1.54, 1.807) is 48.5 Å². The zero-order valence-electron chi connectivity index (χ0n) is 18.5. The van der Waals surface area contributed by atoms with Crippen LogP contribution in [0.3, 0.4) is 0 Å². The number of rotatable bonds is 8. The van der Waals surface area contributed by atoms with E-state index in [1.807, 2.05) is 13.8 Å². The fraction of sp³-hybridized carbons (Fsp3) is 0.222. The van der Waals surface area contributed by atoms with Gasteiger partial charge < -0.3 is 53.2 Å². The average Bonchev–Trinajstić information content (AvgIpc) is 2.59. The molecule has 0 amide bonds. The van der Waals surface area contributed by atoms with Gasteiger partial charge in [-0.25, -0.2) is 0 Å². The van der Waals surface area contributed by atoms with Gasteiger partial charge in [0.2, 0.25) is 0 Å². The van der Waals surface area contributed by atoms with Gasteiger partial charge in [0.15, 0.2) is 0 Å². The first-order valence-electron chi connectivity index (χ1n) is 8.55. The molecule has 0 heterocycles. The number of nitrogens with two attached hydrogens (primary N) is 4. The summed E-state index contributed by atoms with van der Waals surface area (Å²) >= 11 is 0. The van der Waals surface area contributed by atoms with Gasteiger partial charge in [0.05, 0.1) is 0 Å². The van der Waals surface area contributed by atoms with Crippen molar-refractivity contribution < 1.29 is 79.9 Å². The molecule has 16 heteroatoms. The molecule has 0 aliphatic carbocycles. The Morgan fingerprint density at radius 3 is 1.03 bits per heavy atom. The summed E-state index contributed by atoms with van der Waals surface area (Å²) in [4.78, 5) is 28.3. The standard InChI is InChI=1S/C18H22O8P2.4H2N.2Pt/c1-3-17(13-5-9-15(10-6-13)25-27(19,20)21)18(4-2)14-7-11-16(12-8-14)26-28(22,23)24;;;;;;/h5-12H,3-4H2,1-2H3,(H2,19,20,21)(H2,22,23,24);4*1H2;;/q;4*-1;2*+4/p+4. The normalized spacial score (nSPS) is 10.8. The molecule has 0 bridgehead atoms. The van der Waals surface area contributed by atoms with Crippen molar-refractivity contribution in [3.63, 3.8) is 0 Å². The molecular weight excluding hydrogens is 852 g/mol. The second kappa shape index (κ2) is 18.5. The predicted octanol–water partition coefficient (Wildman–Crippen LogP) is 6.15. The molecule has 0 aliphatic rings. The van der Waals surface area contributed by atoms with E-state index in [2.05, 4.69) is 0 Å². The Kier molecular flexibility index (Phi) is 23.7. The summed E-state index contributed by atoms with van der Waals surface area (Å²) in [6.45, 7) is 4.07. The van der Waals surface area contributed by atoms with E-state index in [9.17, 15) is 9.13 Å². The first kappa shape index (κ1) is 43.4. The smallest absolute Gasteiger partial charge is 0.693 e. The maximum Gasteiger partial charge on any atom is 4.00 e. The minimum absolute atomic E-state index is 0. The van der Waals surface area contributed by atoms with Gasteiger partial charge in [0, 0.05) is 0 Å². The van der Waals surface area contributed by atoms with Crippen molar-refractivity contribution in [1.82, 2.24) is 0 Å². The molecule has 12 nitrogen and oxygen atoms in total. The number of hydrogen-bond donors (Lipinski definition) is 0. The zero-order valence-corrected chi connectivity index (χ0v) is 24.8. The molecule has 0 aromatic heterocycles. The van der Waals surface area contributed by atoms with Crippen LogP contribution in [-0.4, -0.2) is 19.6 Å². The molecule has 0 radical (unpaired) electrons. The Bertz CT molecular complexity index is 874. The Balaban J connectivity index is -0.000000467. The van der Waals surface area contributed by atoms with E-state index in [0.29, 0.717) is 0 Å². The predicted molar refractivity (Wildman–Crippen MR) is 132 cm³/mol. The molecule has 0 spiro atoms. The Morgan fingerprint density at radius 1 is 0.618 bits per heavy atom. The van der Waals surface area contributed by atoms with Crippen LogP contribution in [0.4, 0.5) is 0 Å². The van der Waals surface area contributed by atoms with Crippen LogP contribution in [0.15, 0.2) is 48.5 Å². The molecule has 0 atom stereocenters. The van der Waals surface area contributed by atoms with Gasteiger partial charge in [0.25, 0.3) is 0 Å². The summed E-state index contributed by atoms with van der Waals surface area (Å²) in [7, 11) is -8.19. The van der Waals surface area contributed by atoms with Gasteiger partial charge in [-0.05, 0) is 59.4 Å². The quantitative estimate of drug-likeness (QED) is 0.171. The summed E-state index contributed by atoms with van der Waals surface area (Å²) in [5.41, 5.74) is 4.07. The molecular formula is C18H34N4O8P2Pt2+8. The fourth-order valence-electron chi connectivity index (χ4n) is 2.91. The van der Waals surface area contributed by atoms with Crippen LogP contribution in [0.1, 0.15) is 37.8 Å². The van der Waals surface area contributed by atoms with Crippen molar-refractivity contribution in [2.24, 2.45) is 0 Å². The number of hydrogen-bond acceptors (Lipinski definition) is 4. The van der Waals surface area contributed by atoms with Gasteiger partial charge >= 0.3 is 57.8 Å². The SMILES string of the molecule is CCC(=C(CC)c1ccc(OP(=O)([OH2+])[OH2+])cc1)c1ccc(OP(=O)([OH2+])[OH2+])cc1.[NH2-].[NH2-].[NH2-].[NH2-].[Pt+4].[Pt+4]. The van der Waals surface area contributed by atoms with E-state index in [0.717, 1.165) is 35.1 Å². The maximum absolute atomic E-state index is 11.2. The van der Waals surface area contributed by atoms with Crippen LogP contribution in [0, 0.1) is 0 Å². The summed E-state index contributed by atoms with van der Waals surface area (Å²) in [5.74, 6) is 0.421. The van der Waals surface area contributed by atoms with Gasteiger partial charge in [0.1, 0.15) is 11.5 Å². The van der Waals surface area contributed by atoms with Crippen molar-refractivity contribution in [3.8, 4) is 11.5 Å². The van der Waals surface area contributed by atoms with E-state index < -0.39 is 15.6 Å². The Morgan fingerprint density at radius 2 is 0.853 bits per heavy atom. The maximum atomic E-state index is 11.2. The molecule has 0 aliphatic heterocycles. The van der Waals surface area contributed by atoms with Crippen LogP contribution in [-0.2, 0) is 51.3 Å². The van der Waals surface area contributed by atoms with Crippen molar-refractivity contribution in [2.75, 3.05) is 0 Å². The molecule has 2 rings (SSSR count). The van der Waals surface area contributed by atoms with Gasteiger partial charge in [-0.3, -0.25) is 0 Å². The second-order valence-electron chi connectivity index (χ2n) is 6.00. The molecule has 2 aromatic rings. The van der Waals surface area contributed by atoms with E-state index in [-0.39, 0.29) is 78.2 Å². The van der Waals surface area contributed by atoms with Crippen LogP contribution in [0.5, 0.6) is 11.5 Å². The minimum atomic E-state index is -4.10. The Hall–Kier alpha value is -0.703. The zero-order chi connectivity index (χ0) is 20.9. The second-order valence-corrected chi connectivity index (χ2v) is 8.57. The van der Waals surface area contributed by atoms with Crippen LogP contribution >= 0.6 is 15.6 Å². The van der Waals surface area contributed by atoms with Gasteiger partial charge in [-0.1, -0.05) is 38.1 Å². The monoisotopic (exact) mass is 886 g/mol. The molecule has 0 fully saturated rings. The van der Waals surface area contributed by atoms with E-state index in [4.69, 9.17) is 28.6 Å². The molecule has 0 unspecified atom stereocenters. The third kappa shape index (κ3) is 14.0. The minimum Gasteiger partial charge on any atom is -0.693 e. The largest absolute Gasteiger partial charge is 4.00 e. The molecule has 196 valence electrons. The molecule has 16 N–H and O–H groups in total. The van der Waals surface area contributed by atoms with Crippen LogP contribution in [0.2, 0.25) is 0 Å². The third-order valence-corrected chi connectivity index (χ3v) is 4.88. The van der Waals surface area contributed by atoms with Crippen molar-refractivity contribution in [1.29, 1.82) is 0 Å². The van der Waals surface area contributed by atoms with Gasteiger partial charge in [-0.15, -0.1) is 9.13 Å². The van der Waals surface area contributed by atoms with Crippen molar-refractivity contribution >= 4 is 26.8 Å².